The monoisotopic (exact) mass is 240 g/mol. The van der Waals surface area contributed by atoms with E-state index in [1.165, 1.54) is 12.4 Å². The number of rotatable bonds is 2. The molecule has 0 saturated heterocycles. The van der Waals surface area contributed by atoms with Crippen LogP contribution in [-0.4, -0.2) is 9.97 Å². The van der Waals surface area contributed by atoms with Gasteiger partial charge < -0.3 is 11.1 Å². The normalized spacial score (nSPS) is 10.3. The van der Waals surface area contributed by atoms with Gasteiger partial charge in [-0.3, -0.25) is 0 Å². The number of nitrogens with two attached hydrogens (primary N) is 1. The first-order chi connectivity index (χ1) is 8.08. The number of nitrogen functional groups attached to an aromatic ring is 1. The van der Waals surface area contributed by atoms with Crippen LogP contribution in [0.4, 0.5) is 30.5 Å². The average Bonchev–Trinajstić information content (AvgIpc) is 2.25. The molecule has 2 aromatic rings. The summed E-state index contributed by atoms with van der Waals surface area (Å²) in [5.41, 5.74) is 4.91. The van der Waals surface area contributed by atoms with Crippen LogP contribution in [0.1, 0.15) is 0 Å². The molecule has 7 heteroatoms. The maximum Gasteiger partial charge on any atom is 0.173 e. The number of halogens is 3. The standard InChI is InChI=1S/C10H7F3N4/c11-5-3-6(12)8(7(13)4-5)17-10-9(14)15-1-2-16-10/h1-4H,(H2,14,15)(H,16,17). The summed E-state index contributed by atoms with van der Waals surface area (Å²) in [4.78, 5) is 7.44. The smallest absolute Gasteiger partial charge is 0.173 e. The van der Waals surface area contributed by atoms with Gasteiger partial charge in [0.25, 0.3) is 0 Å². The first-order valence-corrected chi connectivity index (χ1v) is 4.56. The second kappa shape index (κ2) is 4.28. The van der Waals surface area contributed by atoms with Crippen LogP contribution < -0.4 is 11.1 Å². The highest BCUT2D eigenvalue weighted by molar-refractivity contribution is 5.65. The Morgan fingerprint density at radius 3 is 2.18 bits per heavy atom. The van der Waals surface area contributed by atoms with Crippen molar-refractivity contribution in [2.75, 3.05) is 11.1 Å². The van der Waals surface area contributed by atoms with Gasteiger partial charge in [0.1, 0.15) is 11.5 Å². The molecule has 0 aliphatic carbocycles. The Bertz CT molecular complexity index is 536. The summed E-state index contributed by atoms with van der Waals surface area (Å²) in [5.74, 6) is -3.18. The van der Waals surface area contributed by atoms with E-state index in [-0.39, 0.29) is 11.6 Å². The molecule has 2 rings (SSSR count). The van der Waals surface area contributed by atoms with Crippen molar-refractivity contribution in [3.63, 3.8) is 0 Å². The summed E-state index contributed by atoms with van der Waals surface area (Å²) in [5, 5.41) is 2.32. The summed E-state index contributed by atoms with van der Waals surface area (Å²) in [7, 11) is 0. The number of hydrogen-bond acceptors (Lipinski definition) is 4. The SMILES string of the molecule is Nc1nccnc1Nc1c(F)cc(F)cc1F. The van der Waals surface area contributed by atoms with Crippen LogP contribution in [-0.2, 0) is 0 Å². The quantitative estimate of drug-likeness (QED) is 0.844. The Kier molecular flexibility index (Phi) is 2.82. The van der Waals surface area contributed by atoms with Crippen LogP contribution in [0, 0.1) is 17.5 Å². The van der Waals surface area contributed by atoms with Gasteiger partial charge in [0.2, 0.25) is 0 Å². The number of aromatic nitrogens is 2. The van der Waals surface area contributed by atoms with Gasteiger partial charge in [-0.15, -0.1) is 0 Å². The van der Waals surface area contributed by atoms with Crippen molar-refractivity contribution < 1.29 is 13.2 Å². The van der Waals surface area contributed by atoms with E-state index in [1.807, 2.05) is 0 Å². The Balaban J connectivity index is 2.40. The third-order valence-corrected chi connectivity index (χ3v) is 1.98. The zero-order valence-electron chi connectivity index (χ0n) is 8.42. The van der Waals surface area contributed by atoms with E-state index in [0.717, 1.165) is 0 Å². The van der Waals surface area contributed by atoms with Gasteiger partial charge in [-0.1, -0.05) is 0 Å². The molecule has 0 radical (unpaired) electrons. The summed E-state index contributed by atoms with van der Waals surface area (Å²) in [6, 6.07) is 1.11. The van der Waals surface area contributed by atoms with Crippen molar-refractivity contribution in [2.45, 2.75) is 0 Å². The number of benzene rings is 1. The summed E-state index contributed by atoms with van der Waals surface area (Å²) in [6.07, 6.45) is 2.63. The number of hydrogen-bond donors (Lipinski definition) is 2. The molecule has 3 N–H and O–H groups in total. The Morgan fingerprint density at radius 2 is 1.59 bits per heavy atom. The third kappa shape index (κ3) is 2.27. The van der Waals surface area contributed by atoms with Gasteiger partial charge in [-0.2, -0.15) is 0 Å². The Morgan fingerprint density at radius 1 is 1.00 bits per heavy atom. The molecule has 0 aliphatic rings. The number of anilines is 3. The Labute approximate surface area is 94.3 Å². The van der Waals surface area contributed by atoms with Crippen LogP contribution in [0.15, 0.2) is 24.5 Å². The molecule has 0 bridgehead atoms. The zero-order valence-corrected chi connectivity index (χ0v) is 8.42. The predicted molar refractivity (Wildman–Crippen MR) is 56.0 cm³/mol. The van der Waals surface area contributed by atoms with Gasteiger partial charge >= 0.3 is 0 Å². The molecule has 0 fully saturated rings. The minimum Gasteiger partial charge on any atom is -0.381 e. The van der Waals surface area contributed by atoms with Crippen LogP contribution in [0.25, 0.3) is 0 Å². The van der Waals surface area contributed by atoms with Crippen LogP contribution >= 0.6 is 0 Å². The lowest BCUT2D eigenvalue weighted by Crippen LogP contribution is -2.04. The highest BCUT2D eigenvalue weighted by Gasteiger charge is 2.13. The van der Waals surface area contributed by atoms with E-state index >= 15 is 0 Å². The van der Waals surface area contributed by atoms with Crippen molar-refractivity contribution in [3.05, 3.63) is 42.0 Å². The molecule has 88 valence electrons. The molecule has 1 heterocycles. The molecule has 1 aromatic carbocycles. The molecule has 4 nitrogen and oxygen atoms in total. The molecule has 0 atom stereocenters. The zero-order chi connectivity index (χ0) is 12.4. The minimum absolute atomic E-state index is 0.00286. The summed E-state index contributed by atoms with van der Waals surface area (Å²) in [6.45, 7) is 0. The van der Waals surface area contributed by atoms with E-state index in [2.05, 4.69) is 15.3 Å². The Hall–Kier alpha value is -2.31. The average molecular weight is 240 g/mol. The van der Waals surface area contributed by atoms with Crippen molar-refractivity contribution in [2.24, 2.45) is 0 Å². The molecule has 1 aromatic heterocycles. The first-order valence-electron chi connectivity index (χ1n) is 4.56. The van der Waals surface area contributed by atoms with Gasteiger partial charge in [-0.05, 0) is 0 Å². The lowest BCUT2D eigenvalue weighted by molar-refractivity contribution is 0.549. The lowest BCUT2D eigenvalue weighted by atomic mass is 10.2. The van der Waals surface area contributed by atoms with Crippen LogP contribution in [0.3, 0.4) is 0 Å². The highest BCUT2D eigenvalue weighted by Crippen LogP contribution is 2.24. The number of nitrogens with zero attached hydrogens (tertiary/aromatic N) is 2. The van der Waals surface area contributed by atoms with E-state index in [0.29, 0.717) is 12.1 Å². The van der Waals surface area contributed by atoms with E-state index in [4.69, 9.17) is 5.73 Å². The van der Waals surface area contributed by atoms with Crippen LogP contribution in [0.5, 0.6) is 0 Å². The number of nitrogens with one attached hydrogen (secondary N) is 1. The fourth-order valence-corrected chi connectivity index (χ4v) is 1.23. The molecular weight excluding hydrogens is 233 g/mol. The van der Waals surface area contributed by atoms with E-state index in [9.17, 15) is 13.2 Å². The van der Waals surface area contributed by atoms with Crippen molar-refractivity contribution in [1.29, 1.82) is 0 Å². The summed E-state index contributed by atoms with van der Waals surface area (Å²) >= 11 is 0. The maximum absolute atomic E-state index is 13.3. The predicted octanol–water partition coefficient (Wildman–Crippen LogP) is 2.22. The first kappa shape index (κ1) is 11.2. The fraction of sp³-hybridized carbons (Fsp3) is 0. The van der Waals surface area contributed by atoms with Gasteiger partial charge in [0.05, 0.1) is 0 Å². The second-order valence-corrected chi connectivity index (χ2v) is 3.16. The van der Waals surface area contributed by atoms with Crippen molar-refractivity contribution in [3.8, 4) is 0 Å². The largest absolute Gasteiger partial charge is 0.381 e. The second-order valence-electron chi connectivity index (χ2n) is 3.16. The highest BCUT2D eigenvalue weighted by atomic mass is 19.1. The fourth-order valence-electron chi connectivity index (χ4n) is 1.23. The topological polar surface area (TPSA) is 63.8 Å². The maximum atomic E-state index is 13.3. The molecular formula is C10H7F3N4. The van der Waals surface area contributed by atoms with E-state index < -0.39 is 23.1 Å². The van der Waals surface area contributed by atoms with Gasteiger partial charge in [-0.25, -0.2) is 23.1 Å². The lowest BCUT2D eigenvalue weighted by Gasteiger charge is -2.09. The molecule has 0 amide bonds. The summed E-state index contributed by atoms with van der Waals surface area (Å²) < 4.78 is 39.3. The molecule has 17 heavy (non-hydrogen) atoms. The van der Waals surface area contributed by atoms with Crippen LogP contribution in [0.2, 0.25) is 0 Å². The molecule has 0 aliphatic heterocycles. The molecule has 0 saturated carbocycles. The minimum atomic E-state index is -1.08. The molecule has 0 unspecified atom stereocenters. The third-order valence-electron chi connectivity index (χ3n) is 1.98. The van der Waals surface area contributed by atoms with E-state index in [1.54, 1.807) is 0 Å². The van der Waals surface area contributed by atoms with Gasteiger partial charge in [0, 0.05) is 24.5 Å². The van der Waals surface area contributed by atoms with Gasteiger partial charge in [0.15, 0.2) is 23.3 Å². The molecule has 0 spiro atoms. The van der Waals surface area contributed by atoms with Crippen molar-refractivity contribution in [1.82, 2.24) is 9.97 Å². The van der Waals surface area contributed by atoms with Crippen molar-refractivity contribution >= 4 is 17.3 Å².